The van der Waals surface area contributed by atoms with Gasteiger partial charge in [-0.15, -0.1) is 11.6 Å². The molecule has 0 aromatic carbocycles. The largest absolute Gasteiger partial charge is 0.464 e. The third-order valence-corrected chi connectivity index (χ3v) is 6.82. The summed E-state index contributed by atoms with van der Waals surface area (Å²) in [6, 6.07) is 1.61. The lowest BCUT2D eigenvalue weighted by Gasteiger charge is -2.37. The zero-order valence-corrected chi connectivity index (χ0v) is 14.7. The summed E-state index contributed by atoms with van der Waals surface area (Å²) in [7, 11) is -1.84. The van der Waals surface area contributed by atoms with Gasteiger partial charge in [0.2, 0.25) is 10.0 Å². The lowest BCUT2D eigenvalue weighted by atomic mass is 9.76. The van der Waals surface area contributed by atoms with Crippen LogP contribution in [0.1, 0.15) is 51.1 Å². The van der Waals surface area contributed by atoms with E-state index in [4.69, 9.17) is 16.0 Å². The van der Waals surface area contributed by atoms with Crippen molar-refractivity contribution in [3.05, 3.63) is 17.6 Å². The van der Waals surface area contributed by atoms with Crippen LogP contribution in [0.25, 0.3) is 0 Å². The van der Waals surface area contributed by atoms with E-state index >= 15 is 0 Å². The molecule has 0 spiro atoms. The number of hydrogen-bond donors (Lipinski definition) is 0. The van der Waals surface area contributed by atoms with Crippen LogP contribution < -0.4 is 0 Å². The first-order valence-corrected chi connectivity index (χ1v) is 9.28. The monoisotopic (exact) mass is 333 g/mol. The topological polar surface area (TPSA) is 50.5 Å². The molecule has 0 unspecified atom stereocenters. The van der Waals surface area contributed by atoms with Crippen molar-refractivity contribution in [1.29, 1.82) is 0 Å². The molecule has 0 amide bonds. The van der Waals surface area contributed by atoms with Crippen molar-refractivity contribution in [2.45, 2.75) is 63.3 Å². The normalized spacial score (nSPS) is 20.1. The summed E-state index contributed by atoms with van der Waals surface area (Å²) in [5, 5.41) is 0. The van der Waals surface area contributed by atoms with Crippen molar-refractivity contribution >= 4 is 21.6 Å². The quantitative estimate of drug-likeness (QED) is 0.785. The Balaban J connectivity index is 2.21. The fraction of sp³-hybridized carbons (Fsp3) is 0.733. The third-order valence-electron chi connectivity index (χ3n) is 4.53. The summed E-state index contributed by atoms with van der Waals surface area (Å²) >= 11 is 5.72. The van der Waals surface area contributed by atoms with Crippen LogP contribution in [0.4, 0.5) is 0 Å². The van der Waals surface area contributed by atoms with Crippen molar-refractivity contribution in [1.82, 2.24) is 4.31 Å². The fourth-order valence-corrected chi connectivity index (χ4v) is 4.68. The van der Waals surface area contributed by atoms with Crippen LogP contribution in [0, 0.1) is 12.3 Å². The van der Waals surface area contributed by atoms with Crippen LogP contribution in [-0.4, -0.2) is 25.8 Å². The molecule has 1 aliphatic carbocycles. The van der Waals surface area contributed by atoms with Gasteiger partial charge in [0.15, 0.2) is 0 Å². The molecule has 1 heterocycles. The van der Waals surface area contributed by atoms with E-state index in [-0.39, 0.29) is 16.8 Å². The molecule has 0 aliphatic heterocycles. The number of hydrogen-bond acceptors (Lipinski definition) is 3. The minimum Gasteiger partial charge on any atom is -0.464 e. The first-order valence-electron chi connectivity index (χ1n) is 7.31. The molecule has 1 aromatic heterocycles. The molecule has 1 aliphatic rings. The van der Waals surface area contributed by atoms with Gasteiger partial charge in [0.25, 0.3) is 0 Å². The zero-order valence-electron chi connectivity index (χ0n) is 13.1. The van der Waals surface area contributed by atoms with Gasteiger partial charge in [-0.1, -0.05) is 13.8 Å². The highest BCUT2D eigenvalue weighted by Crippen LogP contribution is 2.38. The molecular weight excluding hydrogens is 310 g/mol. The molecule has 1 saturated carbocycles. The van der Waals surface area contributed by atoms with Crippen molar-refractivity contribution in [3.8, 4) is 0 Å². The SMILES string of the molecule is Cc1oc(CCl)cc1S(=O)(=O)N(C)C1CCC(C)(C)CC1. The zero-order chi connectivity index (χ0) is 15.8. The maximum Gasteiger partial charge on any atom is 0.246 e. The lowest BCUT2D eigenvalue weighted by Crippen LogP contribution is -2.40. The predicted molar refractivity (Wildman–Crippen MR) is 84.0 cm³/mol. The van der Waals surface area contributed by atoms with Gasteiger partial charge < -0.3 is 4.42 Å². The standard InChI is InChI=1S/C15H24ClNO3S/c1-11-14(9-13(10-16)20-11)21(18,19)17(4)12-5-7-15(2,3)8-6-12/h9,12H,5-8,10H2,1-4H3. The minimum atomic E-state index is -3.51. The number of rotatable bonds is 4. The Labute approximate surface area is 132 Å². The number of halogens is 1. The van der Waals surface area contributed by atoms with Gasteiger partial charge in [0.05, 0.1) is 5.88 Å². The highest BCUT2D eigenvalue weighted by atomic mass is 35.5. The van der Waals surface area contributed by atoms with Crippen LogP contribution >= 0.6 is 11.6 Å². The number of sulfonamides is 1. The highest BCUT2D eigenvalue weighted by Gasteiger charge is 2.35. The van der Waals surface area contributed by atoms with Gasteiger partial charge in [0, 0.05) is 19.2 Å². The van der Waals surface area contributed by atoms with Gasteiger partial charge in [-0.25, -0.2) is 8.42 Å². The number of alkyl halides is 1. The van der Waals surface area contributed by atoms with Crippen LogP contribution in [0.15, 0.2) is 15.4 Å². The van der Waals surface area contributed by atoms with E-state index in [0.29, 0.717) is 16.9 Å². The predicted octanol–water partition coefficient (Wildman–Crippen LogP) is 3.92. The second-order valence-electron chi connectivity index (χ2n) is 6.68. The molecule has 0 N–H and O–H groups in total. The van der Waals surface area contributed by atoms with E-state index in [1.807, 2.05) is 0 Å². The summed E-state index contributed by atoms with van der Waals surface area (Å²) in [6.45, 7) is 6.15. The smallest absolute Gasteiger partial charge is 0.246 e. The first kappa shape index (κ1) is 16.8. The number of nitrogens with zero attached hydrogens (tertiary/aromatic N) is 1. The van der Waals surface area contributed by atoms with Crippen molar-refractivity contribution < 1.29 is 12.8 Å². The van der Waals surface area contributed by atoms with Crippen molar-refractivity contribution in [2.75, 3.05) is 7.05 Å². The maximum atomic E-state index is 12.8. The second-order valence-corrected chi connectivity index (χ2v) is 8.92. The molecule has 120 valence electrons. The lowest BCUT2D eigenvalue weighted by molar-refractivity contribution is 0.174. The molecule has 6 heteroatoms. The van der Waals surface area contributed by atoms with Gasteiger partial charge in [-0.2, -0.15) is 4.31 Å². The Bertz CT molecular complexity index is 596. The van der Waals surface area contributed by atoms with Gasteiger partial charge in [0.1, 0.15) is 16.4 Å². The maximum absolute atomic E-state index is 12.8. The van der Waals surface area contributed by atoms with E-state index in [2.05, 4.69) is 13.8 Å². The fourth-order valence-electron chi connectivity index (χ4n) is 2.95. The average Bonchev–Trinajstić information content (AvgIpc) is 2.80. The molecule has 1 aromatic rings. The number of aryl methyl sites for hydroxylation is 1. The summed E-state index contributed by atoms with van der Waals surface area (Å²) in [6.07, 6.45) is 3.91. The molecule has 0 saturated heterocycles. The molecule has 2 rings (SSSR count). The summed E-state index contributed by atoms with van der Waals surface area (Å²) in [4.78, 5) is 0.241. The minimum absolute atomic E-state index is 0.0665. The van der Waals surface area contributed by atoms with Crippen LogP contribution in [-0.2, 0) is 15.9 Å². The van der Waals surface area contributed by atoms with Crippen LogP contribution in [0.2, 0.25) is 0 Å². The third kappa shape index (κ3) is 3.46. The summed E-state index contributed by atoms with van der Waals surface area (Å²) in [5.41, 5.74) is 0.318. The molecular formula is C15H24ClNO3S. The van der Waals surface area contributed by atoms with Crippen molar-refractivity contribution in [2.24, 2.45) is 5.41 Å². The summed E-state index contributed by atoms with van der Waals surface area (Å²) < 4.78 is 32.4. The van der Waals surface area contributed by atoms with Gasteiger partial charge >= 0.3 is 0 Å². The Kier molecular flexibility index (Phi) is 4.76. The van der Waals surface area contributed by atoms with Crippen LogP contribution in [0.3, 0.4) is 0 Å². The molecule has 0 atom stereocenters. The van der Waals surface area contributed by atoms with Gasteiger partial charge in [-0.05, 0) is 38.0 Å². The van der Waals surface area contributed by atoms with E-state index in [1.165, 1.54) is 4.31 Å². The molecule has 21 heavy (non-hydrogen) atoms. The molecule has 4 nitrogen and oxygen atoms in total. The second kappa shape index (κ2) is 5.94. The van der Waals surface area contributed by atoms with E-state index in [0.717, 1.165) is 25.7 Å². The summed E-state index contributed by atoms with van der Waals surface area (Å²) in [5.74, 6) is 1.08. The molecule has 0 bridgehead atoms. The molecule has 0 radical (unpaired) electrons. The Morgan fingerprint density at radius 3 is 2.43 bits per heavy atom. The van der Waals surface area contributed by atoms with Gasteiger partial charge in [-0.3, -0.25) is 0 Å². The Morgan fingerprint density at radius 1 is 1.38 bits per heavy atom. The number of furan rings is 1. The molecule has 1 fully saturated rings. The Morgan fingerprint density at radius 2 is 1.95 bits per heavy atom. The van der Waals surface area contributed by atoms with Crippen LogP contribution in [0.5, 0.6) is 0 Å². The Hall–Kier alpha value is -0.520. The average molecular weight is 334 g/mol. The van der Waals surface area contributed by atoms with E-state index < -0.39 is 10.0 Å². The van der Waals surface area contributed by atoms with Crippen molar-refractivity contribution in [3.63, 3.8) is 0 Å². The van der Waals surface area contributed by atoms with E-state index in [9.17, 15) is 8.42 Å². The highest BCUT2D eigenvalue weighted by molar-refractivity contribution is 7.89. The first-order chi connectivity index (χ1) is 9.67. The van der Waals surface area contributed by atoms with E-state index in [1.54, 1.807) is 20.0 Å².